The maximum atomic E-state index is 13.2. The van der Waals surface area contributed by atoms with Gasteiger partial charge in [0.05, 0.1) is 0 Å². The van der Waals surface area contributed by atoms with Crippen LogP contribution in [0.5, 0.6) is 0 Å². The van der Waals surface area contributed by atoms with Gasteiger partial charge in [0.15, 0.2) is 5.78 Å². The van der Waals surface area contributed by atoms with Crippen LogP contribution in [0.2, 0.25) is 0 Å². The first-order valence-corrected chi connectivity index (χ1v) is 9.59. The van der Waals surface area contributed by atoms with Crippen molar-refractivity contribution >= 4 is 5.78 Å². The average molecular weight is 331 g/mol. The quantitative estimate of drug-likeness (QED) is 0.808. The van der Waals surface area contributed by atoms with Crippen LogP contribution in [0.15, 0.2) is 42.5 Å². The highest BCUT2D eigenvalue weighted by Gasteiger charge is 2.39. The molecule has 3 aliphatic rings. The minimum absolute atomic E-state index is 0.0324. The fraction of sp³-hybridized carbons (Fsp3) is 0.435. The van der Waals surface area contributed by atoms with Crippen molar-refractivity contribution < 1.29 is 4.79 Å². The molecule has 0 radical (unpaired) electrons. The van der Waals surface area contributed by atoms with Crippen molar-refractivity contribution in [2.24, 2.45) is 5.92 Å². The molecule has 2 aromatic carbocycles. The SMILES string of the molecule is CC1(C)c2ccccc2-c2ccc(C(=O)C3CC4CCC(C3)N4)cc21. The van der Waals surface area contributed by atoms with Crippen LogP contribution in [0.25, 0.3) is 11.1 Å². The van der Waals surface area contributed by atoms with E-state index < -0.39 is 0 Å². The fourth-order valence-electron chi connectivity index (χ4n) is 5.36. The number of carbonyl (C=O) groups excluding carboxylic acids is 1. The lowest BCUT2D eigenvalue weighted by Crippen LogP contribution is -2.40. The summed E-state index contributed by atoms with van der Waals surface area (Å²) in [7, 11) is 0. The number of hydrogen-bond donors (Lipinski definition) is 1. The van der Waals surface area contributed by atoms with E-state index in [9.17, 15) is 4.79 Å². The number of benzene rings is 2. The molecule has 128 valence electrons. The van der Waals surface area contributed by atoms with E-state index in [0.29, 0.717) is 17.9 Å². The van der Waals surface area contributed by atoms with Crippen molar-refractivity contribution in [3.05, 3.63) is 59.2 Å². The van der Waals surface area contributed by atoms with Gasteiger partial charge in [0.1, 0.15) is 0 Å². The molecule has 0 amide bonds. The summed E-state index contributed by atoms with van der Waals surface area (Å²) in [4.78, 5) is 13.2. The summed E-state index contributed by atoms with van der Waals surface area (Å²) in [5.41, 5.74) is 6.16. The Bertz CT molecular complexity index is 854. The number of ketones is 1. The molecule has 1 aliphatic carbocycles. The predicted molar refractivity (Wildman–Crippen MR) is 101 cm³/mol. The maximum absolute atomic E-state index is 13.2. The highest BCUT2D eigenvalue weighted by atomic mass is 16.1. The molecule has 2 bridgehead atoms. The van der Waals surface area contributed by atoms with Gasteiger partial charge in [-0.1, -0.05) is 50.2 Å². The van der Waals surface area contributed by atoms with E-state index in [1.54, 1.807) is 0 Å². The van der Waals surface area contributed by atoms with Crippen molar-refractivity contribution in [3.63, 3.8) is 0 Å². The van der Waals surface area contributed by atoms with Gasteiger partial charge < -0.3 is 5.32 Å². The number of rotatable bonds is 2. The number of piperidine rings is 1. The summed E-state index contributed by atoms with van der Waals surface area (Å²) in [5, 5.41) is 3.64. The summed E-state index contributed by atoms with van der Waals surface area (Å²) < 4.78 is 0. The zero-order chi connectivity index (χ0) is 17.2. The van der Waals surface area contributed by atoms with Gasteiger partial charge in [0, 0.05) is 29.0 Å². The second kappa shape index (κ2) is 5.28. The van der Waals surface area contributed by atoms with E-state index in [2.05, 4.69) is 61.6 Å². The average Bonchev–Trinajstić information content (AvgIpc) is 3.08. The van der Waals surface area contributed by atoms with Gasteiger partial charge >= 0.3 is 0 Å². The standard InChI is InChI=1S/C23H25NO/c1-23(2)20-6-4-3-5-18(20)19-10-7-14(13-21(19)23)22(25)15-11-16-8-9-17(12-15)24-16/h3-7,10,13,15-17,24H,8-9,11-12H2,1-2H3. The topological polar surface area (TPSA) is 29.1 Å². The molecule has 2 saturated heterocycles. The van der Waals surface area contributed by atoms with Crippen LogP contribution in [0.4, 0.5) is 0 Å². The molecule has 2 fully saturated rings. The van der Waals surface area contributed by atoms with Crippen LogP contribution in [0, 0.1) is 5.92 Å². The molecule has 5 rings (SSSR count). The Kier molecular flexibility index (Phi) is 3.24. The van der Waals surface area contributed by atoms with E-state index >= 15 is 0 Å². The minimum Gasteiger partial charge on any atom is -0.311 e. The van der Waals surface area contributed by atoms with Gasteiger partial charge in [-0.2, -0.15) is 0 Å². The first kappa shape index (κ1) is 15.3. The molecule has 2 unspecified atom stereocenters. The molecule has 25 heavy (non-hydrogen) atoms. The second-order valence-corrected chi connectivity index (χ2v) is 8.60. The van der Waals surface area contributed by atoms with Crippen LogP contribution in [-0.4, -0.2) is 17.9 Å². The zero-order valence-electron chi connectivity index (χ0n) is 15.0. The summed E-state index contributed by atoms with van der Waals surface area (Å²) in [6.07, 6.45) is 4.49. The molecule has 2 atom stereocenters. The summed E-state index contributed by atoms with van der Waals surface area (Å²) >= 11 is 0. The molecule has 2 aromatic rings. The predicted octanol–water partition coefficient (Wildman–Crippen LogP) is 4.71. The lowest BCUT2D eigenvalue weighted by molar-refractivity contribution is 0.0875. The molecule has 0 spiro atoms. The third-order valence-corrected chi connectivity index (χ3v) is 6.71. The molecule has 2 nitrogen and oxygen atoms in total. The van der Waals surface area contributed by atoms with E-state index in [1.165, 1.54) is 35.1 Å². The fourth-order valence-corrected chi connectivity index (χ4v) is 5.36. The van der Waals surface area contributed by atoms with Crippen LogP contribution in [0.3, 0.4) is 0 Å². The van der Waals surface area contributed by atoms with E-state index in [1.807, 2.05) is 0 Å². The van der Waals surface area contributed by atoms with Gasteiger partial charge in [-0.25, -0.2) is 0 Å². The number of fused-ring (bicyclic) bond motifs is 5. The molecule has 2 heterocycles. The van der Waals surface area contributed by atoms with E-state index in [-0.39, 0.29) is 11.3 Å². The Morgan fingerprint density at radius 1 is 0.960 bits per heavy atom. The van der Waals surface area contributed by atoms with Crippen molar-refractivity contribution in [1.29, 1.82) is 0 Å². The van der Waals surface area contributed by atoms with Gasteiger partial charge in [0.25, 0.3) is 0 Å². The minimum atomic E-state index is -0.0324. The Morgan fingerprint density at radius 3 is 2.40 bits per heavy atom. The van der Waals surface area contributed by atoms with E-state index in [4.69, 9.17) is 0 Å². The van der Waals surface area contributed by atoms with Gasteiger partial charge in [0.2, 0.25) is 0 Å². The Hall–Kier alpha value is -1.93. The van der Waals surface area contributed by atoms with Crippen LogP contribution >= 0.6 is 0 Å². The third kappa shape index (κ3) is 2.23. The Balaban J connectivity index is 1.52. The van der Waals surface area contributed by atoms with Crippen LogP contribution < -0.4 is 5.32 Å². The van der Waals surface area contributed by atoms with Crippen molar-refractivity contribution in [2.75, 3.05) is 0 Å². The van der Waals surface area contributed by atoms with Crippen molar-refractivity contribution in [2.45, 2.75) is 57.0 Å². The molecule has 0 saturated carbocycles. The summed E-state index contributed by atoms with van der Waals surface area (Å²) in [6, 6.07) is 16.2. The van der Waals surface area contributed by atoms with Gasteiger partial charge in [-0.05, 0) is 54.0 Å². The highest BCUT2D eigenvalue weighted by Crippen LogP contribution is 2.48. The molecule has 1 N–H and O–H groups in total. The number of nitrogens with one attached hydrogen (secondary N) is 1. The van der Waals surface area contributed by atoms with Gasteiger partial charge in [-0.3, -0.25) is 4.79 Å². The van der Waals surface area contributed by atoms with Gasteiger partial charge in [-0.15, -0.1) is 0 Å². The molecule has 2 aliphatic heterocycles. The lowest BCUT2D eigenvalue weighted by Gasteiger charge is -2.28. The molecule has 0 aromatic heterocycles. The number of carbonyl (C=O) groups is 1. The lowest BCUT2D eigenvalue weighted by atomic mass is 9.80. The van der Waals surface area contributed by atoms with Crippen molar-refractivity contribution in [3.8, 4) is 11.1 Å². The van der Waals surface area contributed by atoms with E-state index in [0.717, 1.165) is 18.4 Å². The largest absolute Gasteiger partial charge is 0.311 e. The zero-order valence-corrected chi connectivity index (χ0v) is 15.0. The first-order chi connectivity index (χ1) is 12.0. The Morgan fingerprint density at radius 2 is 1.64 bits per heavy atom. The smallest absolute Gasteiger partial charge is 0.166 e. The van der Waals surface area contributed by atoms with Crippen LogP contribution in [0.1, 0.15) is 61.0 Å². The number of Topliss-reactive ketones (excluding diaryl/α,β-unsaturated/α-hetero) is 1. The normalized spacial score (nSPS) is 28.5. The van der Waals surface area contributed by atoms with Crippen molar-refractivity contribution in [1.82, 2.24) is 5.32 Å². The molecular formula is C23H25NO. The maximum Gasteiger partial charge on any atom is 0.166 e. The second-order valence-electron chi connectivity index (χ2n) is 8.60. The molecule has 2 heteroatoms. The van der Waals surface area contributed by atoms with Crippen LogP contribution in [-0.2, 0) is 5.41 Å². The summed E-state index contributed by atoms with van der Waals surface area (Å²) in [5.74, 6) is 0.552. The number of hydrogen-bond acceptors (Lipinski definition) is 2. The summed E-state index contributed by atoms with van der Waals surface area (Å²) in [6.45, 7) is 4.55. The first-order valence-electron chi connectivity index (χ1n) is 9.59. The monoisotopic (exact) mass is 331 g/mol. The molecular weight excluding hydrogens is 306 g/mol. The highest BCUT2D eigenvalue weighted by molar-refractivity contribution is 5.99. The third-order valence-electron chi connectivity index (χ3n) is 6.71. The Labute approximate surface area is 149 Å².